The van der Waals surface area contributed by atoms with Gasteiger partial charge in [-0.1, -0.05) is 32.1 Å². The van der Waals surface area contributed by atoms with Gasteiger partial charge < -0.3 is 4.85 Å². The fourth-order valence-electron chi connectivity index (χ4n) is 1.96. The Morgan fingerprint density at radius 1 is 1.36 bits per heavy atom. The second-order valence-electron chi connectivity index (χ2n) is 3.72. The highest BCUT2D eigenvalue weighted by atomic mass is 14.7. The fraction of sp³-hybridized carbons (Fsp3) is 0.900. The van der Waals surface area contributed by atoms with Gasteiger partial charge in [-0.15, -0.1) is 0 Å². The van der Waals surface area contributed by atoms with Crippen LogP contribution in [0.5, 0.6) is 0 Å². The van der Waals surface area contributed by atoms with E-state index in [0.717, 1.165) is 12.3 Å². The quantitative estimate of drug-likeness (QED) is 0.533. The lowest BCUT2D eigenvalue weighted by Crippen LogP contribution is -2.11. The topological polar surface area (TPSA) is 4.36 Å². The van der Waals surface area contributed by atoms with E-state index in [2.05, 4.69) is 4.85 Å². The normalized spacial score (nSPS) is 22.5. The minimum atomic E-state index is 0.262. The molecule has 0 bridgehead atoms. The lowest BCUT2D eigenvalue weighted by molar-refractivity contribution is 0.332. The van der Waals surface area contributed by atoms with Crippen LogP contribution < -0.4 is 0 Å². The van der Waals surface area contributed by atoms with Gasteiger partial charge in [0.15, 0.2) is 0 Å². The van der Waals surface area contributed by atoms with Crippen molar-refractivity contribution in [3.05, 3.63) is 11.4 Å². The maximum absolute atomic E-state index is 6.85. The average Bonchev–Trinajstić information content (AvgIpc) is 2.06. The fourth-order valence-corrected chi connectivity index (χ4v) is 1.96. The van der Waals surface area contributed by atoms with Gasteiger partial charge in [0.1, 0.15) is 0 Å². The zero-order chi connectivity index (χ0) is 8.10. The smallest absolute Gasteiger partial charge is 0.221 e. The van der Waals surface area contributed by atoms with Crippen molar-refractivity contribution in [1.29, 1.82) is 0 Å². The van der Waals surface area contributed by atoms with Crippen LogP contribution in [0.3, 0.4) is 0 Å². The van der Waals surface area contributed by atoms with Crippen LogP contribution in [-0.4, -0.2) is 6.04 Å². The van der Waals surface area contributed by atoms with Crippen molar-refractivity contribution < 1.29 is 0 Å². The highest BCUT2D eigenvalue weighted by Crippen LogP contribution is 2.27. The molecule has 1 aliphatic rings. The molecule has 1 rings (SSSR count). The van der Waals surface area contributed by atoms with Gasteiger partial charge in [0, 0.05) is 13.3 Å². The molecule has 62 valence electrons. The predicted octanol–water partition coefficient (Wildman–Crippen LogP) is 3.26. The van der Waals surface area contributed by atoms with E-state index in [0.29, 0.717) is 0 Å². The molecule has 1 atom stereocenters. The lowest BCUT2D eigenvalue weighted by Gasteiger charge is -2.20. The van der Waals surface area contributed by atoms with E-state index in [1.807, 2.05) is 6.92 Å². The Hall–Kier alpha value is -0.510. The van der Waals surface area contributed by atoms with Crippen LogP contribution in [0.4, 0.5) is 0 Å². The first kappa shape index (κ1) is 8.59. The summed E-state index contributed by atoms with van der Waals surface area (Å²) in [6.45, 7) is 8.90. The van der Waals surface area contributed by atoms with E-state index < -0.39 is 0 Å². The number of nitrogens with zero attached hydrogens (tertiary/aromatic N) is 1. The van der Waals surface area contributed by atoms with Crippen LogP contribution in [0, 0.1) is 12.5 Å². The summed E-state index contributed by atoms with van der Waals surface area (Å²) in [5.74, 6) is 0.868. The number of hydrogen-bond donors (Lipinski definition) is 0. The third-order valence-electron chi connectivity index (χ3n) is 2.62. The first-order valence-electron chi connectivity index (χ1n) is 4.69. The largest absolute Gasteiger partial charge is 0.314 e. The predicted molar refractivity (Wildman–Crippen MR) is 47.3 cm³/mol. The summed E-state index contributed by atoms with van der Waals surface area (Å²) in [6, 6.07) is 0.262. The van der Waals surface area contributed by atoms with Crippen molar-refractivity contribution in [1.82, 2.24) is 0 Å². The van der Waals surface area contributed by atoms with E-state index in [1.165, 1.54) is 32.1 Å². The second-order valence-corrected chi connectivity index (χ2v) is 3.72. The van der Waals surface area contributed by atoms with E-state index in [9.17, 15) is 0 Å². The molecule has 0 amide bonds. The molecular formula is C10H17N. The van der Waals surface area contributed by atoms with Gasteiger partial charge in [0.25, 0.3) is 0 Å². The van der Waals surface area contributed by atoms with Crippen molar-refractivity contribution >= 4 is 0 Å². The zero-order valence-electron chi connectivity index (χ0n) is 7.34. The van der Waals surface area contributed by atoms with Gasteiger partial charge in [-0.05, 0) is 5.92 Å². The van der Waals surface area contributed by atoms with Crippen molar-refractivity contribution in [3.8, 4) is 0 Å². The Morgan fingerprint density at radius 3 is 2.55 bits per heavy atom. The van der Waals surface area contributed by atoms with Crippen molar-refractivity contribution in [2.24, 2.45) is 5.92 Å². The molecule has 1 fully saturated rings. The van der Waals surface area contributed by atoms with Gasteiger partial charge in [0.05, 0.1) is 0 Å². The molecule has 1 aliphatic carbocycles. The molecule has 0 saturated heterocycles. The Morgan fingerprint density at radius 2 is 2.00 bits per heavy atom. The summed E-state index contributed by atoms with van der Waals surface area (Å²) in [5.41, 5.74) is 0. The molecule has 0 radical (unpaired) electrons. The molecule has 0 N–H and O–H groups in total. The molecule has 1 nitrogen and oxygen atoms in total. The van der Waals surface area contributed by atoms with E-state index in [1.54, 1.807) is 0 Å². The van der Waals surface area contributed by atoms with Crippen LogP contribution in [0.15, 0.2) is 0 Å². The molecule has 0 spiro atoms. The van der Waals surface area contributed by atoms with E-state index >= 15 is 0 Å². The number of hydrogen-bond acceptors (Lipinski definition) is 0. The SMILES string of the molecule is [C-]#[N+]C(C)CC1CCCCC1. The summed E-state index contributed by atoms with van der Waals surface area (Å²) in [7, 11) is 0. The Kier molecular flexibility index (Phi) is 3.42. The highest BCUT2D eigenvalue weighted by Gasteiger charge is 2.17. The van der Waals surface area contributed by atoms with Gasteiger partial charge in [-0.2, -0.15) is 0 Å². The van der Waals surface area contributed by atoms with Gasteiger partial charge in [-0.25, -0.2) is 6.57 Å². The summed E-state index contributed by atoms with van der Waals surface area (Å²) >= 11 is 0. The highest BCUT2D eigenvalue weighted by molar-refractivity contribution is 4.78. The monoisotopic (exact) mass is 151 g/mol. The van der Waals surface area contributed by atoms with Gasteiger partial charge in [-0.3, -0.25) is 0 Å². The molecule has 0 aromatic carbocycles. The maximum Gasteiger partial charge on any atom is 0.221 e. The minimum Gasteiger partial charge on any atom is -0.314 e. The minimum absolute atomic E-state index is 0.262. The van der Waals surface area contributed by atoms with E-state index in [-0.39, 0.29) is 6.04 Å². The molecule has 1 heteroatoms. The molecule has 0 heterocycles. The molecular weight excluding hydrogens is 134 g/mol. The summed E-state index contributed by atoms with van der Waals surface area (Å²) in [6.07, 6.45) is 8.11. The molecule has 1 unspecified atom stereocenters. The molecule has 0 aromatic rings. The molecule has 11 heavy (non-hydrogen) atoms. The third-order valence-corrected chi connectivity index (χ3v) is 2.62. The van der Waals surface area contributed by atoms with Crippen LogP contribution >= 0.6 is 0 Å². The van der Waals surface area contributed by atoms with Crippen molar-refractivity contribution in [3.63, 3.8) is 0 Å². The zero-order valence-corrected chi connectivity index (χ0v) is 7.34. The van der Waals surface area contributed by atoms with E-state index in [4.69, 9.17) is 6.57 Å². The average molecular weight is 151 g/mol. The Labute approximate surface area is 69.6 Å². The Bertz CT molecular complexity index is 139. The Balaban J connectivity index is 2.20. The second kappa shape index (κ2) is 4.38. The van der Waals surface area contributed by atoms with Crippen molar-refractivity contribution in [2.45, 2.75) is 51.5 Å². The van der Waals surface area contributed by atoms with Crippen LogP contribution in [0.25, 0.3) is 4.85 Å². The molecule has 0 aliphatic heterocycles. The van der Waals surface area contributed by atoms with Crippen LogP contribution in [0.1, 0.15) is 45.4 Å². The summed E-state index contributed by atoms with van der Waals surface area (Å²) in [4.78, 5) is 3.53. The summed E-state index contributed by atoms with van der Waals surface area (Å²) < 4.78 is 0. The summed E-state index contributed by atoms with van der Waals surface area (Å²) in [5, 5.41) is 0. The molecule has 0 aromatic heterocycles. The van der Waals surface area contributed by atoms with Crippen LogP contribution in [-0.2, 0) is 0 Å². The first-order valence-corrected chi connectivity index (χ1v) is 4.69. The van der Waals surface area contributed by atoms with Crippen LogP contribution in [0.2, 0.25) is 0 Å². The molecule has 1 saturated carbocycles. The first-order chi connectivity index (χ1) is 5.33. The number of rotatable bonds is 2. The lowest BCUT2D eigenvalue weighted by atomic mass is 9.85. The standard InChI is InChI=1S/C10H17N/c1-9(11-2)8-10-6-4-3-5-7-10/h9-10H,3-8H2,1H3. The van der Waals surface area contributed by atoms with Gasteiger partial charge >= 0.3 is 0 Å². The van der Waals surface area contributed by atoms with Crippen molar-refractivity contribution in [2.75, 3.05) is 0 Å². The third kappa shape index (κ3) is 2.93. The maximum atomic E-state index is 6.85. The van der Waals surface area contributed by atoms with Gasteiger partial charge in [0.2, 0.25) is 6.04 Å².